The first-order chi connectivity index (χ1) is 14.4. The number of hydrogen-bond acceptors (Lipinski definition) is 8. The summed E-state index contributed by atoms with van der Waals surface area (Å²) in [5.74, 6) is -0.260. The van der Waals surface area contributed by atoms with Crippen LogP contribution < -0.4 is 29.4 Å². The van der Waals surface area contributed by atoms with Crippen molar-refractivity contribution in [3.8, 4) is 34.8 Å². The number of benzene rings is 2. The summed E-state index contributed by atoms with van der Waals surface area (Å²) in [6, 6.07) is 9.14. The first-order valence-corrected chi connectivity index (χ1v) is 8.50. The van der Waals surface area contributed by atoms with Crippen molar-refractivity contribution < 1.29 is 33.3 Å². The van der Waals surface area contributed by atoms with E-state index in [1.165, 1.54) is 58.8 Å². The molecule has 2 aromatic carbocycles. The molecule has 0 aliphatic carbocycles. The molecule has 0 atom stereocenters. The molecule has 156 valence electrons. The van der Waals surface area contributed by atoms with Gasteiger partial charge in [0.15, 0.2) is 23.0 Å². The lowest BCUT2D eigenvalue weighted by molar-refractivity contribution is -0.114. The molecule has 2 N–H and O–H groups in total. The van der Waals surface area contributed by atoms with Gasteiger partial charge in [0.1, 0.15) is 11.6 Å². The molecule has 0 fully saturated rings. The highest BCUT2D eigenvalue weighted by Crippen LogP contribution is 2.39. The molecule has 0 spiro atoms. The van der Waals surface area contributed by atoms with Crippen LogP contribution in [0.15, 0.2) is 35.9 Å². The maximum Gasteiger partial charge on any atom is 0.343 e. The van der Waals surface area contributed by atoms with Gasteiger partial charge in [-0.2, -0.15) is 5.26 Å². The number of hydrogen-bond donors (Lipinski definition) is 1. The van der Waals surface area contributed by atoms with Crippen LogP contribution in [0.3, 0.4) is 0 Å². The van der Waals surface area contributed by atoms with Crippen molar-refractivity contribution in [3.63, 3.8) is 0 Å². The molecular formula is C21H20N2O7. The molecule has 9 nitrogen and oxygen atoms in total. The Labute approximate surface area is 173 Å². The summed E-state index contributed by atoms with van der Waals surface area (Å²) in [6.45, 7) is 0. The quantitative estimate of drug-likeness (QED) is 0.303. The largest absolute Gasteiger partial charge is 0.493 e. The van der Waals surface area contributed by atoms with Gasteiger partial charge in [0.25, 0.3) is 5.91 Å². The van der Waals surface area contributed by atoms with E-state index in [9.17, 15) is 9.59 Å². The van der Waals surface area contributed by atoms with E-state index in [1.54, 1.807) is 12.1 Å². The highest BCUT2D eigenvalue weighted by atomic mass is 16.6. The Kier molecular flexibility index (Phi) is 7.25. The molecule has 30 heavy (non-hydrogen) atoms. The summed E-state index contributed by atoms with van der Waals surface area (Å²) in [7, 11) is 5.71. The third-order valence-electron chi connectivity index (χ3n) is 3.99. The van der Waals surface area contributed by atoms with Crippen molar-refractivity contribution in [3.05, 3.63) is 47.0 Å². The minimum Gasteiger partial charge on any atom is -0.493 e. The van der Waals surface area contributed by atoms with E-state index in [2.05, 4.69) is 0 Å². The second kappa shape index (κ2) is 9.84. The topological polar surface area (TPSA) is 130 Å². The summed E-state index contributed by atoms with van der Waals surface area (Å²) < 4.78 is 26.4. The summed E-state index contributed by atoms with van der Waals surface area (Å²) >= 11 is 0. The summed E-state index contributed by atoms with van der Waals surface area (Å²) in [4.78, 5) is 23.9. The van der Waals surface area contributed by atoms with E-state index in [1.807, 2.05) is 0 Å². The Hall–Kier alpha value is -4.19. The van der Waals surface area contributed by atoms with E-state index in [0.29, 0.717) is 22.8 Å². The van der Waals surface area contributed by atoms with Gasteiger partial charge in [0.05, 0.1) is 34.0 Å². The van der Waals surface area contributed by atoms with Crippen molar-refractivity contribution in [2.24, 2.45) is 5.73 Å². The van der Waals surface area contributed by atoms with Gasteiger partial charge in [-0.25, -0.2) is 4.79 Å². The fourth-order valence-corrected chi connectivity index (χ4v) is 2.54. The van der Waals surface area contributed by atoms with Crippen molar-refractivity contribution in [2.45, 2.75) is 0 Å². The number of primary amides is 1. The summed E-state index contributed by atoms with van der Waals surface area (Å²) in [6.07, 6.45) is 1.30. The van der Waals surface area contributed by atoms with Crippen LogP contribution in [-0.4, -0.2) is 40.3 Å². The Morgan fingerprint density at radius 1 is 0.900 bits per heavy atom. The molecular weight excluding hydrogens is 392 g/mol. The molecule has 1 amide bonds. The molecule has 0 unspecified atom stereocenters. The van der Waals surface area contributed by atoms with Crippen LogP contribution in [0.2, 0.25) is 0 Å². The lowest BCUT2D eigenvalue weighted by atomic mass is 10.1. The number of amides is 1. The van der Waals surface area contributed by atoms with E-state index in [4.69, 9.17) is 34.7 Å². The summed E-state index contributed by atoms with van der Waals surface area (Å²) in [5, 5.41) is 8.96. The van der Waals surface area contributed by atoms with Gasteiger partial charge < -0.3 is 29.4 Å². The van der Waals surface area contributed by atoms with Gasteiger partial charge in [0, 0.05) is 0 Å². The Morgan fingerprint density at radius 3 is 1.97 bits per heavy atom. The van der Waals surface area contributed by atoms with Gasteiger partial charge in [0.2, 0.25) is 5.75 Å². The fourth-order valence-electron chi connectivity index (χ4n) is 2.54. The normalized spacial score (nSPS) is 10.6. The number of methoxy groups -OCH3 is 4. The van der Waals surface area contributed by atoms with E-state index < -0.39 is 11.9 Å². The zero-order valence-corrected chi connectivity index (χ0v) is 16.8. The van der Waals surface area contributed by atoms with Gasteiger partial charge >= 0.3 is 5.97 Å². The number of rotatable bonds is 8. The lowest BCUT2D eigenvalue weighted by Gasteiger charge is -2.14. The third-order valence-corrected chi connectivity index (χ3v) is 3.99. The van der Waals surface area contributed by atoms with E-state index in [-0.39, 0.29) is 22.6 Å². The monoisotopic (exact) mass is 412 g/mol. The Balaban J connectivity index is 2.37. The van der Waals surface area contributed by atoms with Crippen LogP contribution in [0.1, 0.15) is 15.9 Å². The molecule has 0 saturated carbocycles. The molecule has 9 heteroatoms. The minimum atomic E-state index is -0.852. The zero-order chi connectivity index (χ0) is 22.3. The van der Waals surface area contributed by atoms with Crippen LogP contribution in [-0.2, 0) is 4.79 Å². The van der Waals surface area contributed by atoms with Crippen LogP contribution in [0.4, 0.5) is 0 Å². The first-order valence-electron chi connectivity index (χ1n) is 8.50. The zero-order valence-electron chi connectivity index (χ0n) is 16.8. The van der Waals surface area contributed by atoms with Crippen LogP contribution in [0, 0.1) is 11.3 Å². The van der Waals surface area contributed by atoms with Gasteiger partial charge in [-0.1, -0.05) is 6.07 Å². The van der Waals surface area contributed by atoms with Crippen molar-refractivity contribution in [2.75, 3.05) is 28.4 Å². The second-order valence-corrected chi connectivity index (χ2v) is 5.75. The molecule has 0 heterocycles. The van der Waals surface area contributed by atoms with Crippen LogP contribution >= 0.6 is 0 Å². The molecule has 0 aliphatic heterocycles. The predicted octanol–water partition coefficient (Wildman–Crippen LogP) is 2.33. The second-order valence-electron chi connectivity index (χ2n) is 5.75. The average molecular weight is 412 g/mol. The average Bonchev–Trinajstić information content (AvgIpc) is 2.76. The Bertz CT molecular complexity index is 1010. The molecule has 0 bridgehead atoms. The van der Waals surface area contributed by atoms with Gasteiger partial charge in [-0.05, 0) is 35.9 Å². The lowest BCUT2D eigenvalue weighted by Crippen LogP contribution is -2.12. The number of nitrogens with zero attached hydrogens (tertiary/aromatic N) is 1. The molecule has 0 aromatic heterocycles. The number of nitrogens with two attached hydrogens (primary N) is 1. The third kappa shape index (κ3) is 4.80. The van der Waals surface area contributed by atoms with Crippen molar-refractivity contribution >= 4 is 18.0 Å². The smallest absolute Gasteiger partial charge is 0.343 e. The maximum absolute atomic E-state index is 12.7. The minimum absolute atomic E-state index is 0.131. The van der Waals surface area contributed by atoms with Crippen molar-refractivity contribution in [1.29, 1.82) is 5.26 Å². The molecule has 0 aliphatic rings. The molecule has 0 radical (unpaired) electrons. The predicted molar refractivity (Wildman–Crippen MR) is 107 cm³/mol. The standard InChI is InChI=1S/C21H20N2O7/c1-26-16-8-12(7-14(11-22)20(23)24)5-6-15(16)30-21(25)13-9-17(27-2)19(29-4)18(10-13)28-3/h5-10H,1-4H3,(H2,23,24)/b14-7+. The van der Waals surface area contributed by atoms with Crippen LogP contribution in [0.25, 0.3) is 6.08 Å². The van der Waals surface area contributed by atoms with Gasteiger partial charge in [-0.3, -0.25) is 4.79 Å². The molecule has 2 aromatic rings. The van der Waals surface area contributed by atoms with Gasteiger partial charge in [-0.15, -0.1) is 0 Å². The fraction of sp³-hybridized carbons (Fsp3) is 0.190. The number of carbonyl (C=O) groups excluding carboxylic acids is 2. The van der Waals surface area contributed by atoms with E-state index >= 15 is 0 Å². The Morgan fingerprint density at radius 2 is 1.50 bits per heavy atom. The highest BCUT2D eigenvalue weighted by Gasteiger charge is 2.19. The summed E-state index contributed by atoms with van der Waals surface area (Å²) in [5.41, 5.74) is 5.54. The number of carbonyl (C=O) groups is 2. The van der Waals surface area contributed by atoms with Crippen molar-refractivity contribution in [1.82, 2.24) is 0 Å². The number of ether oxygens (including phenoxy) is 5. The van der Waals surface area contributed by atoms with Crippen LogP contribution in [0.5, 0.6) is 28.7 Å². The first kappa shape index (κ1) is 22.1. The number of nitriles is 1. The highest BCUT2D eigenvalue weighted by molar-refractivity contribution is 6.00. The van der Waals surface area contributed by atoms with E-state index in [0.717, 1.165) is 0 Å². The molecule has 0 saturated heterocycles. The molecule has 2 rings (SSSR count). The maximum atomic E-state index is 12.7. The SMILES string of the molecule is COc1cc(/C=C(\C#N)C(N)=O)ccc1OC(=O)c1cc(OC)c(OC)c(OC)c1. The number of esters is 1.